The number of anilines is 1. The van der Waals surface area contributed by atoms with Crippen molar-refractivity contribution in [2.75, 3.05) is 37.7 Å². The number of piperidine rings is 1. The topological polar surface area (TPSA) is 42.0 Å². The van der Waals surface area contributed by atoms with Crippen LogP contribution in [-0.2, 0) is 16.1 Å². The lowest BCUT2D eigenvalue weighted by Crippen LogP contribution is -2.40. The van der Waals surface area contributed by atoms with Gasteiger partial charge in [0.05, 0.1) is 19.3 Å². The second kappa shape index (κ2) is 7.47. The third-order valence-corrected chi connectivity index (χ3v) is 6.28. The lowest BCUT2D eigenvalue weighted by Gasteiger charge is -2.35. The smallest absolute Gasteiger partial charge is 0.410 e. The van der Waals surface area contributed by atoms with E-state index in [0.717, 1.165) is 51.3 Å². The lowest BCUT2D eigenvalue weighted by molar-refractivity contribution is 0.0694. The number of ether oxygens (including phenoxy) is 2. The number of rotatable bonds is 3. The number of nitrogens with zero attached hydrogens (tertiary/aromatic N) is 2. The monoisotopic (exact) mass is 378 g/mol. The number of hydrogen-bond donors (Lipinski definition) is 0. The first-order chi connectivity index (χ1) is 13.8. The summed E-state index contributed by atoms with van der Waals surface area (Å²) in [5.41, 5.74) is 5.05. The van der Waals surface area contributed by atoms with Gasteiger partial charge in [-0.1, -0.05) is 42.5 Å². The molecule has 3 aliphatic rings. The molecule has 5 nitrogen and oxygen atoms in total. The van der Waals surface area contributed by atoms with Crippen LogP contribution in [0.5, 0.6) is 0 Å². The van der Waals surface area contributed by atoms with E-state index in [-0.39, 0.29) is 12.1 Å². The van der Waals surface area contributed by atoms with Crippen LogP contribution in [0, 0.1) is 0 Å². The highest BCUT2D eigenvalue weighted by atomic mass is 16.6. The number of hydrogen-bond acceptors (Lipinski definition) is 4. The number of morpholine rings is 1. The van der Waals surface area contributed by atoms with Gasteiger partial charge in [0.25, 0.3) is 0 Å². The van der Waals surface area contributed by atoms with Crippen molar-refractivity contribution in [2.24, 2.45) is 0 Å². The van der Waals surface area contributed by atoms with Gasteiger partial charge >= 0.3 is 6.09 Å². The number of fused-ring (bicyclic) bond motifs is 5. The average Bonchev–Trinajstić information content (AvgIpc) is 3.05. The van der Waals surface area contributed by atoms with E-state index < -0.39 is 0 Å². The maximum Gasteiger partial charge on any atom is 0.410 e. The molecule has 2 aromatic carbocycles. The predicted molar refractivity (Wildman–Crippen MR) is 108 cm³/mol. The van der Waals surface area contributed by atoms with E-state index in [1.165, 1.54) is 16.8 Å². The van der Waals surface area contributed by atoms with E-state index in [1.54, 1.807) is 0 Å². The Balaban J connectivity index is 1.38. The first kappa shape index (κ1) is 17.6. The summed E-state index contributed by atoms with van der Waals surface area (Å²) in [6, 6.07) is 16.6. The van der Waals surface area contributed by atoms with Crippen molar-refractivity contribution < 1.29 is 14.3 Å². The van der Waals surface area contributed by atoms with Crippen LogP contribution in [0.4, 0.5) is 10.5 Å². The molecular formula is C23H26N2O3. The van der Waals surface area contributed by atoms with Gasteiger partial charge in [-0.25, -0.2) is 4.79 Å². The molecule has 2 aliphatic heterocycles. The minimum atomic E-state index is -0.197. The van der Waals surface area contributed by atoms with Gasteiger partial charge in [-0.2, -0.15) is 0 Å². The number of carbonyl (C=O) groups is 1. The Kier molecular flexibility index (Phi) is 4.69. The first-order valence-corrected chi connectivity index (χ1v) is 10.2. The van der Waals surface area contributed by atoms with Crippen molar-refractivity contribution in [1.82, 2.24) is 4.90 Å². The highest BCUT2D eigenvalue weighted by Crippen LogP contribution is 2.52. The Morgan fingerprint density at radius 1 is 1.04 bits per heavy atom. The summed E-state index contributed by atoms with van der Waals surface area (Å²) >= 11 is 0. The molecule has 2 saturated heterocycles. The van der Waals surface area contributed by atoms with Crippen LogP contribution in [0.15, 0.2) is 48.5 Å². The number of benzene rings is 2. The van der Waals surface area contributed by atoms with Crippen molar-refractivity contribution in [3.8, 4) is 0 Å². The molecule has 1 amide bonds. The molecule has 5 rings (SSSR count). The van der Waals surface area contributed by atoms with E-state index in [2.05, 4.69) is 23.1 Å². The first-order valence-electron chi connectivity index (χ1n) is 10.2. The van der Waals surface area contributed by atoms with Gasteiger partial charge in [0, 0.05) is 30.9 Å². The second-order valence-corrected chi connectivity index (χ2v) is 7.85. The summed E-state index contributed by atoms with van der Waals surface area (Å²) in [4.78, 5) is 17.3. The minimum Gasteiger partial charge on any atom is -0.445 e. The molecule has 0 spiro atoms. The molecule has 2 heterocycles. The van der Waals surface area contributed by atoms with Crippen molar-refractivity contribution in [2.45, 2.75) is 31.4 Å². The molecule has 1 aliphatic carbocycles. The Morgan fingerprint density at radius 2 is 1.86 bits per heavy atom. The number of amides is 1. The van der Waals surface area contributed by atoms with Gasteiger partial charge in [0.15, 0.2) is 0 Å². The summed E-state index contributed by atoms with van der Waals surface area (Å²) in [6.45, 7) is 4.43. The molecule has 2 aromatic rings. The standard InChI is InChI=1S/C23H26N2O3/c26-23(28-16-17-5-2-1-3-6-17)25-10-9-18-15-21(25)22-19(18)7-4-8-20(22)24-11-13-27-14-12-24/h1-8,18,21H,9-16H2/t18-,21-/m1/s1. The number of likely N-dealkylation sites (tertiary alicyclic amines) is 1. The van der Waals surface area contributed by atoms with Gasteiger partial charge in [-0.05, 0) is 36.0 Å². The molecule has 0 radical (unpaired) electrons. The molecular weight excluding hydrogens is 352 g/mol. The van der Waals surface area contributed by atoms with Crippen LogP contribution in [0.1, 0.15) is 41.5 Å². The van der Waals surface area contributed by atoms with Crippen LogP contribution in [0.3, 0.4) is 0 Å². The summed E-state index contributed by atoms with van der Waals surface area (Å²) in [5, 5.41) is 0. The largest absolute Gasteiger partial charge is 0.445 e. The van der Waals surface area contributed by atoms with Crippen molar-refractivity contribution >= 4 is 11.8 Å². The highest BCUT2D eigenvalue weighted by Gasteiger charge is 2.43. The van der Waals surface area contributed by atoms with Gasteiger partial charge in [0.2, 0.25) is 0 Å². The summed E-state index contributed by atoms with van der Waals surface area (Å²) in [7, 11) is 0. The average molecular weight is 378 g/mol. The minimum absolute atomic E-state index is 0.121. The molecule has 0 unspecified atom stereocenters. The summed E-state index contributed by atoms with van der Waals surface area (Å²) in [5.74, 6) is 0.555. The van der Waals surface area contributed by atoms with E-state index in [9.17, 15) is 4.79 Å². The van der Waals surface area contributed by atoms with Gasteiger partial charge in [-0.15, -0.1) is 0 Å². The molecule has 146 valence electrons. The SMILES string of the molecule is O=C(OCc1ccccc1)N1CC[C@@H]2C[C@@H]1c1c2cccc1N1CCOCC1. The molecule has 2 atom stereocenters. The summed E-state index contributed by atoms with van der Waals surface area (Å²) in [6.07, 6.45) is 1.82. The Labute approximate surface area is 165 Å². The molecule has 0 aromatic heterocycles. The fraction of sp³-hybridized carbons (Fsp3) is 0.435. The zero-order chi connectivity index (χ0) is 18.9. The fourth-order valence-electron chi connectivity index (χ4n) is 4.91. The number of carbonyl (C=O) groups excluding carboxylic acids is 1. The van der Waals surface area contributed by atoms with Crippen LogP contribution in [0.25, 0.3) is 0 Å². The predicted octanol–water partition coefficient (Wildman–Crippen LogP) is 4.09. The molecule has 2 bridgehead atoms. The van der Waals surface area contributed by atoms with E-state index >= 15 is 0 Å². The van der Waals surface area contributed by atoms with Crippen molar-refractivity contribution in [3.05, 3.63) is 65.2 Å². The molecule has 0 saturated carbocycles. The van der Waals surface area contributed by atoms with E-state index in [4.69, 9.17) is 9.47 Å². The van der Waals surface area contributed by atoms with Gasteiger partial charge in [-0.3, -0.25) is 0 Å². The van der Waals surface area contributed by atoms with Crippen molar-refractivity contribution in [1.29, 1.82) is 0 Å². The maximum atomic E-state index is 12.9. The second-order valence-electron chi connectivity index (χ2n) is 7.85. The van der Waals surface area contributed by atoms with E-state index in [0.29, 0.717) is 12.5 Å². The molecule has 28 heavy (non-hydrogen) atoms. The van der Waals surface area contributed by atoms with Crippen LogP contribution in [-0.4, -0.2) is 43.8 Å². The van der Waals surface area contributed by atoms with E-state index in [1.807, 2.05) is 35.2 Å². The summed E-state index contributed by atoms with van der Waals surface area (Å²) < 4.78 is 11.2. The van der Waals surface area contributed by atoms with Crippen molar-refractivity contribution in [3.63, 3.8) is 0 Å². The Bertz CT molecular complexity index is 848. The highest BCUT2D eigenvalue weighted by molar-refractivity contribution is 5.71. The third-order valence-electron chi connectivity index (χ3n) is 6.28. The Morgan fingerprint density at radius 3 is 2.68 bits per heavy atom. The molecule has 0 N–H and O–H groups in total. The lowest BCUT2D eigenvalue weighted by atomic mass is 9.96. The van der Waals surface area contributed by atoms with Gasteiger partial charge in [0.1, 0.15) is 6.61 Å². The fourth-order valence-corrected chi connectivity index (χ4v) is 4.91. The zero-order valence-corrected chi connectivity index (χ0v) is 16.0. The zero-order valence-electron chi connectivity index (χ0n) is 16.0. The Hall–Kier alpha value is -2.53. The normalized spacial score (nSPS) is 23.4. The van der Waals surface area contributed by atoms with Crippen LogP contribution >= 0.6 is 0 Å². The third kappa shape index (κ3) is 3.14. The quantitative estimate of drug-likeness (QED) is 0.807. The van der Waals surface area contributed by atoms with Gasteiger partial charge < -0.3 is 19.3 Å². The molecule has 5 heteroatoms. The maximum absolute atomic E-state index is 12.9. The molecule has 2 fully saturated rings. The van der Waals surface area contributed by atoms with Crippen LogP contribution in [0.2, 0.25) is 0 Å². The van der Waals surface area contributed by atoms with Crippen LogP contribution < -0.4 is 4.90 Å².